The molecule has 0 fully saturated rings. The first-order valence-corrected chi connectivity index (χ1v) is 6.56. The van der Waals surface area contributed by atoms with E-state index in [2.05, 4.69) is 30.9 Å². The van der Waals surface area contributed by atoms with Gasteiger partial charge in [0.05, 0.1) is 6.20 Å². The molecule has 0 aliphatic rings. The van der Waals surface area contributed by atoms with Crippen LogP contribution in [0.25, 0.3) is 28.3 Å². The lowest BCUT2D eigenvalue weighted by Crippen LogP contribution is -1.85. The second-order valence-corrected chi connectivity index (χ2v) is 5.01. The SMILES string of the molecule is Fc1ccc2nc(-c3ccn4c(Br)cnc4c3)oc2n1. The molecule has 0 radical (unpaired) electrons. The molecule has 4 heterocycles. The van der Waals surface area contributed by atoms with Crippen molar-refractivity contribution in [1.82, 2.24) is 19.4 Å². The van der Waals surface area contributed by atoms with Gasteiger partial charge in [0.25, 0.3) is 0 Å². The van der Waals surface area contributed by atoms with Crippen molar-refractivity contribution in [3.05, 3.63) is 47.2 Å². The third kappa shape index (κ3) is 1.70. The Morgan fingerprint density at radius 3 is 3.00 bits per heavy atom. The van der Waals surface area contributed by atoms with Gasteiger partial charge in [-0.15, -0.1) is 0 Å². The summed E-state index contributed by atoms with van der Waals surface area (Å²) in [6.45, 7) is 0. The van der Waals surface area contributed by atoms with Gasteiger partial charge in [-0.05, 0) is 40.2 Å². The van der Waals surface area contributed by atoms with Gasteiger partial charge in [-0.2, -0.15) is 9.37 Å². The fourth-order valence-corrected chi connectivity index (χ4v) is 2.40. The molecule has 4 aromatic heterocycles. The minimum Gasteiger partial charge on any atom is -0.418 e. The van der Waals surface area contributed by atoms with E-state index >= 15 is 0 Å². The molecule has 0 aliphatic carbocycles. The van der Waals surface area contributed by atoms with Gasteiger partial charge in [-0.25, -0.2) is 9.97 Å². The summed E-state index contributed by atoms with van der Waals surface area (Å²) in [6.07, 6.45) is 3.56. The van der Waals surface area contributed by atoms with Crippen LogP contribution in [0.4, 0.5) is 4.39 Å². The van der Waals surface area contributed by atoms with E-state index < -0.39 is 5.95 Å². The molecule has 0 amide bonds. The average molecular weight is 333 g/mol. The van der Waals surface area contributed by atoms with Crippen molar-refractivity contribution < 1.29 is 8.81 Å². The number of hydrogen-bond donors (Lipinski definition) is 0. The van der Waals surface area contributed by atoms with Crippen LogP contribution < -0.4 is 0 Å². The lowest BCUT2D eigenvalue weighted by Gasteiger charge is -1.97. The number of nitrogens with zero attached hydrogens (tertiary/aromatic N) is 4. The van der Waals surface area contributed by atoms with Gasteiger partial charge in [0.15, 0.2) is 0 Å². The summed E-state index contributed by atoms with van der Waals surface area (Å²) in [5.74, 6) is -0.201. The summed E-state index contributed by atoms with van der Waals surface area (Å²) >= 11 is 3.39. The molecule has 4 aromatic rings. The van der Waals surface area contributed by atoms with Crippen molar-refractivity contribution in [2.24, 2.45) is 0 Å². The van der Waals surface area contributed by atoms with Gasteiger partial charge >= 0.3 is 0 Å². The van der Waals surface area contributed by atoms with Crippen LogP contribution in [-0.2, 0) is 0 Å². The van der Waals surface area contributed by atoms with Crippen molar-refractivity contribution in [3.8, 4) is 11.5 Å². The standard InChI is InChI=1S/C13H6BrFN4O/c14-9-6-16-11-5-7(3-4-19(9)11)12-17-8-1-2-10(15)18-13(8)20-12/h1-6H. The Bertz CT molecular complexity index is 946. The van der Waals surface area contributed by atoms with E-state index in [4.69, 9.17) is 4.42 Å². The fraction of sp³-hybridized carbons (Fsp3) is 0. The summed E-state index contributed by atoms with van der Waals surface area (Å²) in [5.41, 5.74) is 2.22. The Hall–Kier alpha value is -2.28. The molecule has 0 aliphatic heterocycles. The van der Waals surface area contributed by atoms with Crippen molar-refractivity contribution in [2.45, 2.75) is 0 Å². The highest BCUT2D eigenvalue weighted by Crippen LogP contribution is 2.25. The molecule has 98 valence electrons. The van der Waals surface area contributed by atoms with E-state index in [9.17, 15) is 4.39 Å². The molecule has 4 rings (SSSR count). The number of hydrogen-bond acceptors (Lipinski definition) is 4. The third-order valence-electron chi connectivity index (χ3n) is 2.94. The van der Waals surface area contributed by atoms with Gasteiger partial charge < -0.3 is 4.42 Å². The van der Waals surface area contributed by atoms with Gasteiger partial charge in [-0.1, -0.05) is 0 Å². The number of oxazole rings is 1. The Morgan fingerprint density at radius 1 is 1.20 bits per heavy atom. The zero-order valence-electron chi connectivity index (χ0n) is 9.92. The van der Waals surface area contributed by atoms with Crippen LogP contribution in [0.1, 0.15) is 0 Å². The summed E-state index contributed by atoms with van der Waals surface area (Å²) in [5, 5.41) is 0. The summed E-state index contributed by atoms with van der Waals surface area (Å²) < 4.78 is 21.3. The smallest absolute Gasteiger partial charge is 0.250 e. The highest BCUT2D eigenvalue weighted by molar-refractivity contribution is 9.10. The van der Waals surface area contributed by atoms with Crippen molar-refractivity contribution >= 4 is 32.8 Å². The zero-order chi connectivity index (χ0) is 13.7. The minimum atomic E-state index is -0.590. The Labute approximate surface area is 120 Å². The summed E-state index contributed by atoms with van der Waals surface area (Å²) in [4.78, 5) is 12.2. The normalized spacial score (nSPS) is 11.5. The number of rotatable bonds is 1. The van der Waals surface area contributed by atoms with Crippen molar-refractivity contribution in [3.63, 3.8) is 0 Å². The number of aromatic nitrogens is 4. The largest absolute Gasteiger partial charge is 0.418 e. The van der Waals surface area contributed by atoms with E-state index in [0.717, 1.165) is 15.8 Å². The van der Waals surface area contributed by atoms with Crippen LogP contribution in [0, 0.1) is 5.95 Å². The van der Waals surface area contributed by atoms with E-state index in [-0.39, 0.29) is 5.71 Å². The topological polar surface area (TPSA) is 56.2 Å². The number of pyridine rings is 2. The molecule has 0 saturated carbocycles. The first-order valence-electron chi connectivity index (χ1n) is 5.77. The number of halogens is 2. The van der Waals surface area contributed by atoms with Crippen LogP contribution in [0.15, 0.2) is 45.7 Å². The third-order valence-corrected chi connectivity index (χ3v) is 3.52. The van der Waals surface area contributed by atoms with E-state index in [0.29, 0.717) is 11.4 Å². The molecule has 0 N–H and O–H groups in total. The zero-order valence-corrected chi connectivity index (χ0v) is 11.5. The van der Waals surface area contributed by atoms with Crippen molar-refractivity contribution in [2.75, 3.05) is 0 Å². The molecular weight excluding hydrogens is 327 g/mol. The van der Waals surface area contributed by atoms with Crippen molar-refractivity contribution in [1.29, 1.82) is 0 Å². The first-order chi connectivity index (χ1) is 9.70. The van der Waals surface area contributed by atoms with Gasteiger partial charge in [0.1, 0.15) is 15.8 Å². The predicted octanol–water partition coefficient (Wildman–Crippen LogP) is 3.44. The maximum Gasteiger partial charge on any atom is 0.250 e. The van der Waals surface area contributed by atoms with Crippen LogP contribution in [0.2, 0.25) is 0 Å². The molecule has 0 aromatic carbocycles. The second kappa shape index (κ2) is 4.11. The van der Waals surface area contributed by atoms with E-state index in [1.54, 1.807) is 6.20 Å². The molecule has 7 heteroatoms. The van der Waals surface area contributed by atoms with Gasteiger partial charge in [0.2, 0.25) is 17.6 Å². The first kappa shape index (κ1) is 11.5. The fourth-order valence-electron chi connectivity index (χ4n) is 2.00. The lowest BCUT2D eigenvalue weighted by molar-refractivity contribution is 0.559. The Balaban J connectivity index is 1.91. The maximum atomic E-state index is 13.0. The van der Waals surface area contributed by atoms with Crippen LogP contribution in [0.3, 0.4) is 0 Å². The highest BCUT2D eigenvalue weighted by Gasteiger charge is 2.11. The van der Waals surface area contributed by atoms with Crippen LogP contribution >= 0.6 is 15.9 Å². The highest BCUT2D eigenvalue weighted by atomic mass is 79.9. The summed E-state index contributed by atoms with van der Waals surface area (Å²) in [7, 11) is 0. The van der Waals surface area contributed by atoms with E-state index in [1.807, 2.05) is 22.7 Å². The van der Waals surface area contributed by atoms with Gasteiger partial charge in [-0.3, -0.25) is 4.40 Å². The number of imidazole rings is 1. The summed E-state index contributed by atoms with van der Waals surface area (Å²) in [6, 6.07) is 6.48. The molecule has 0 spiro atoms. The predicted molar refractivity (Wildman–Crippen MR) is 73.6 cm³/mol. The van der Waals surface area contributed by atoms with E-state index in [1.165, 1.54) is 12.1 Å². The molecule has 0 saturated heterocycles. The molecule has 5 nitrogen and oxygen atoms in total. The lowest BCUT2D eigenvalue weighted by atomic mass is 10.2. The van der Waals surface area contributed by atoms with Gasteiger partial charge in [0, 0.05) is 11.8 Å². The maximum absolute atomic E-state index is 13.0. The molecule has 0 atom stereocenters. The number of fused-ring (bicyclic) bond motifs is 2. The average Bonchev–Trinajstić information content (AvgIpc) is 3.02. The molecular formula is C13H6BrFN4O. The molecule has 0 unspecified atom stereocenters. The monoisotopic (exact) mass is 332 g/mol. The Morgan fingerprint density at radius 2 is 2.10 bits per heavy atom. The molecule has 0 bridgehead atoms. The van der Waals surface area contributed by atoms with Crippen LogP contribution in [-0.4, -0.2) is 19.4 Å². The molecule has 20 heavy (non-hydrogen) atoms. The second-order valence-electron chi connectivity index (χ2n) is 4.20. The minimum absolute atomic E-state index is 0.185. The van der Waals surface area contributed by atoms with Crippen LogP contribution in [0.5, 0.6) is 0 Å². The Kier molecular flexibility index (Phi) is 2.37. The quantitative estimate of drug-likeness (QED) is 0.501.